The van der Waals surface area contributed by atoms with Gasteiger partial charge in [0.05, 0.1) is 16.7 Å². The lowest BCUT2D eigenvalue weighted by molar-refractivity contribution is 0.0524. The smallest absolute Gasteiger partial charge is 0.135 e. The van der Waals surface area contributed by atoms with Crippen LogP contribution < -0.4 is 4.90 Å². The number of halogens is 1. The van der Waals surface area contributed by atoms with E-state index in [1.807, 2.05) is 38.1 Å². The fourth-order valence-electron chi connectivity index (χ4n) is 2.81. The summed E-state index contributed by atoms with van der Waals surface area (Å²) in [5, 5.41) is 0.763. The first-order valence-electron chi connectivity index (χ1n) is 7.68. The number of hydrogen-bond acceptors (Lipinski definition) is 4. The van der Waals surface area contributed by atoms with Crippen molar-refractivity contribution < 1.29 is 9.13 Å². The minimum Gasteiger partial charge on any atom is -0.378 e. The molecule has 1 aliphatic carbocycles. The molecule has 0 radical (unpaired) electrons. The number of thiazole rings is 1. The van der Waals surface area contributed by atoms with Gasteiger partial charge in [-0.15, -0.1) is 11.3 Å². The van der Waals surface area contributed by atoms with Gasteiger partial charge in [-0.3, -0.25) is 0 Å². The van der Waals surface area contributed by atoms with Crippen LogP contribution in [0.1, 0.15) is 36.4 Å². The standard InChI is InChI=1S/C17H21FN2OS/c1-4-21-15-7-5-6-14-16(15)22-17(19-14)12-9-8-11(20(2)3)10-13(12)18/h8-10,15H,4-7H2,1-3H3. The van der Waals surface area contributed by atoms with Gasteiger partial charge in [0.2, 0.25) is 0 Å². The molecular weight excluding hydrogens is 299 g/mol. The van der Waals surface area contributed by atoms with Crippen molar-refractivity contribution in [2.75, 3.05) is 25.6 Å². The zero-order valence-electron chi connectivity index (χ0n) is 13.2. The van der Waals surface area contributed by atoms with Gasteiger partial charge in [-0.2, -0.15) is 0 Å². The first-order valence-corrected chi connectivity index (χ1v) is 8.50. The Kier molecular flexibility index (Phi) is 4.45. The third-order valence-electron chi connectivity index (χ3n) is 3.97. The van der Waals surface area contributed by atoms with Gasteiger partial charge in [-0.05, 0) is 44.4 Å². The summed E-state index contributed by atoms with van der Waals surface area (Å²) in [7, 11) is 3.81. The van der Waals surface area contributed by atoms with Crippen LogP contribution in [0.4, 0.5) is 10.1 Å². The van der Waals surface area contributed by atoms with Crippen molar-refractivity contribution in [1.29, 1.82) is 0 Å². The molecule has 0 saturated heterocycles. The van der Waals surface area contributed by atoms with Gasteiger partial charge in [0, 0.05) is 32.0 Å². The van der Waals surface area contributed by atoms with E-state index in [1.54, 1.807) is 17.4 Å². The van der Waals surface area contributed by atoms with E-state index in [0.717, 1.165) is 35.7 Å². The first-order chi connectivity index (χ1) is 10.6. The first kappa shape index (κ1) is 15.4. The van der Waals surface area contributed by atoms with E-state index < -0.39 is 0 Å². The molecule has 0 saturated carbocycles. The molecule has 1 aliphatic rings. The van der Waals surface area contributed by atoms with Crippen LogP contribution in [0.15, 0.2) is 18.2 Å². The summed E-state index contributed by atoms with van der Waals surface area (Å²) in [6.07, 6.45) is 3.21. The topological polar surface area (TPSA) is 25.4 Å². The number of fused-ring (bicyclic) bond motifs is 1. The number of aromatic nitrogens is 1. The Bertz CT molecular complexity index is 669. The monoisotopic (exact) mass is 320 g/mol. The number of benzene rings is 1. The van der Waals surface area contributed by atoms with E-state index in [-0.39, 0.29) is 11.9 Å². The molecule has 3 nitrogen and oxygen atoms in total. The van der Waals surface area contributed by atoms with Crippen LogP contribution in [0.5, 0.6) is 0 Å². The second-order valence-corrected chi connectivity index (χ2v) is 6.76. The molecule has 1 aromatic heterocycles. The largest absolute Gasteiger partial charge is 0.378 e. The van der Waals surface area contributed by atoms with Gasteiger partial charge >= 0.3 is 0 Å². The Morgan fingerprint density at radius 1 is 1.41 bits per heavy atom. The minimum atomic E-state index is -0.217. The molecule has 0 aliphatic heterocycles. The maximum atomic E-state index is 14.4. The highest BCUT2D eigenvalue weighted by molar-refractivity contribution is 7.15. The van der Waals surface area contributed by atoms with Crippen LogP contribution >= 0.6 is 11.3 Å². The second kappa shape index (κ2) is 6.34. The van der Waals surface area contributed by atoms with Crippen molar-refractivity contribution in [3.8, 4) is 10.6 Å². The summed E-state index contributed by atoms with van der Waals surface area (Å²) in [6.45, 7) is 2.71. The summed E-state index contributed by atoms with van der Waals surface area (Å²) in [5.74, 6) is -0.217. The van der Waals surface area contributed by atoms with Gasteiger partial charge in [0.25, 0.3) is 0 Å². The summed E-state index contributed by atoms with van der Waals surface area (Å²) in [6, 6.07) is 5.32. The highest BCUT2D eigenvalue weighted by Crippen LogP contribution is 2.40. The maximum absolute atomic E-state index is 14.4. The number of hydrogen-bond donors (Lipinski definition) is 0. The quantitative estimate of drug-likeness (QED) is 0.833. The normalized spacial score (nSPS) is 17.4. The molecule has 3 rings (SSSR count). The summed E-state index contributed by atoms with van der Waals surface area (Å²) < 4.78 is 20.2. The number of rotatable bonds is 4. The molecule has 0 spiro atoms. The maximum Gasteiger partial charge on any atom is 0.135 e. The van der Waals surface area contributed by atoms with Gasteiger partial charge in [-0.25, -0.2) is 9.37 Å². The van der Waals surface area contributed by atoms with E-state index in [2.05, 4.69) is 4.98 Å². The molecule has 0 N–H and O–H groups in total. The predicted octanol–water partition coefficient (Wildman–Crippen LogP) is 4.43. The average Bonchev–Trinajstić information content (AvgIpc) is 2.92. The molecule has 0 amide bonds. The summed E-state index contributed by atoms with van der Waals surface area (Å²) in [5.41, 5.74) is 2.52. The van der Waals surface area contributed by atoms with Crippen molar-refractivity contribution in [3.05, 3.63) is 34.6 Å². The third-order valence-corrected chi connectivity index (χ3v) is 5.19. The lowest BCUT2D eigenvalue weighted by atomic mass is 10.0. The van der Waals surface area contributed by atoms with Gasteiger partial charge < -0.3 is 9.64 Å². The van der Waals surface area contributed by atoms with E-state index in [9.17, 15) is 4.39 Å². The van der Waals surface area contributed by atoms with Gasteiger partial charge in [-0.1, -0.05) is 0 Å². The second-order valence-electron chi connectivity index (χ2n) is 5.72. The zero-order chi connectivity index (χ0) is 15.7. The molecule has 0 bridgehead atoms. The Balaban J connectivity index is 1.96. The minimum absolute atomic E-state index is 0.129. The predicted molar refractivity (Wildman–Crippen MR) is 89.1 cm³/mol. The Morgan fingerprint density at radius 3 is 2.91 bits per heavy atom. The van der Waals surface area contributed by atoms with Crippen LogP contribution in [0.25, 0.3) is 10.6 Å². The Morgan fingerprint density at radius 2 is 2.23 bits per heavy atom. The van der Waals surface area contributed by atoms with Crippen LogP contribution in [0.3, 0.4) is 0 Å². The van der Waals surface area contributed by atoms with Crippen molar-refractivity contribution >= 4 is 17.0 Å². The molecule has 1 aromatic carbocycles. The number of nitrogens with zero attached hydrogens (tertiary/aromatic N) is 2. The number of ether oxygens (including phenoxy) is 1. The van der Waals surface area contributed by atoms with Gasteiger partial charge in [0.15, 0.2) is 0 Å². The molecule has 2 aromatic rings. The van der Waals surface area contributed by atoms with Crippen LogP contribution in [0, 0.1) is 5.82 Å². The molecule has 22 heavy (non-hydrogen) atoms. The molecule has 1 heterocycles. The van der Waals surface area contributed by atoms with Crippen LogP contribution in [-0.4, -0.2) is 25.7 Å². The fraction of sp³-hybridized carbons (Fsp3) is 0.471. The van der Waals surface area contributed by atoms with Crippen LogP contribution in [-0.2, 0) is 11.2 Å². The summed E-state index contributed by atoms with van der Waals surface area (Å²) >= 11 is 1.58. The van der Waals surface area contributed by atoms with E-state index in [1.165, 1.54) is 4.88 Å². The molecule has 118 valence electrons. The molecule has 5 heteroatoms. The summed E-state index contributed by atoms with van der Waals surface area (Å²) in [4.78, 5) is 7.75. The fourth-order valence-corrected chi connectivity index (χ4v) is 4.03. The van der Waals surface area contributed by atoms with Crippen molar-refractivity contribution in [3.63, 3.8) is 0 Å². The molecule has 1 atom stereocenters. The zero-order valence-corrected chi connectivity index (χ0v) is 14.0. The Labute approximate surface area is 134 Å². The van der Waals surface area contributed by atoms with E-state index in [0.29, 0.717) is 12.2 Å². The molecule has 1 unspecified atom stereocenters. The van der Waals surface area contributed by atoms with Crippen molar-refractivity contribution in [1.82, 2.24) is 4.98 Å². The van der Waals surface area contributed by atoms with E-state index in [4.69, 9.17) is 4.74 Å². The highest BCUT2D eigenvalue weighted by Gasteiger charge is 2.26. The Hall–Kier alpha value is -1.46. The van der Waals surface area contributed by atoms with Crippen molar-refractivity contribution in [2.45, 2.75) is 32.3 Å². The lowest BCUT2D eigenvalue weighted by Crippen LogP contribution is -2.10. The third kappa shape index (κ3) is 2.88. The molecular formula is C17H21FN2OS. The SMILES string of the molecule is CCOC1CCCc2nc(-c3ccc(N(C)C)cc3F)sc21. The number of aryl methyl sites for hydroxylation is 1. The molecule has 0 fully saturated rings. The van der Waals surface area contributed by atoms with E-state index >= 15 is 0 Å². The highest BCUT2D eigenvalue weighted by atomic mass is 32.1. The lowest BCUT2D eigenvalue weighted by Gasteiger charge is -2.20. The average molecular weight is 320 g/mol. The van der Waals surface area contributed by atoms with Crippen molar-refractivity contribution in [2.24, 2.45) is 0 Å². The van der Waals surface area contributed by atoms with Crippen LogP contribution in [0.2, 0.25) is 0 Å². The number of anilines is 1. The van der Waals surface area contributed by atoms with Gasteiger partial charge in [0.1, 0.15) is 10.8 Å².